The van der Waals surface area contributed by atoms with Gasteiger partial charge in [-0.3, -0.25) is 0 Å². The van der Waals surface area contributed by atoms with Gasteiger partial charge in [-0.25, -0.2) is 0 Å². The highest BCUT2D eigenvalue weighted by Crippen LogP contribution is 2.41. The molecule has 0 radical (unpaired) electrons. The van der Waals surface area contributed by atoms with Gasteiger partial charge in [0.25, 0.3) is 0 Å². The van der Waals surface area contributed by atoms with Crippen LogP contribution in [0.15, 0.2) is 72.4 Å². The van der Waals surface area contributed by atoms with E-state index in [1.807, 2.05) is 0 Å². The molecule has 4 atom stereocenters. The molecule has 0 aliphatic heterocycles. The molecule has 0 saturated carbocycles. The maximum absolute atomic E-state index is 2.38. The summed E-state index contributed by atoms with van der Waals surface area (Å²) in [5, 5.41) is 0. The summed E-state index contributed by atoms with van der Waals surface area (Å²) < 4.78 is 0. The second-order valence-corrected chi connectivity index (χ2v) is 4.92. The quantitative estimate of drug-likeness (QED) is 0.538. The molecule has 0 saturated heterocycles. The van der Waals surface area contributed by atoms with Crippen LogP contribution < -0.4 is 0 Å². The van der Waals surface area contributed by atoms with Crippen molar-refractivity contribution in [2.45, 2.75) is 6.92 Å². The van der Waals surface area contributed by atoms with Gasteiger partial charge in [0.1, 0.15) is 0 Å². The van der Waals surface area contributed by atoms with Crippen LogP contribution in [0, 0.1) is 23.7 Å². The molecule has 86 valence electrons. The first-order valence-corrected chi connectivity index (χ1v) is 6.44. The third kappa shape index (κ3) is 1.78. The van der Waals surface area contributed by atoms with E-state index in [0.29, 0.717) is 23.7 Å². The Bertz CT molecular complexity index is 428. The molecule has 17 heavy (non-hydrogen) atoms. The van der Waals surface area contributed by atoms with E-state index >= 15 is 0 Å². The highest BCUT2D eigenvalue weighted by Gasteiger charge is 2.31. The zero-order valence-electron chi connectivity index (χ0n) is 10.2. The highest BCUT2D eigenvalue weighted by molar-refractivity contribution is 5.37. The van der Waals surface area contributed by atoms with Gasteiger partial charge in [-0.15, -0.1) is 0 Å². The Labute approximate surface area is 103 Å². The number of hydrogen-bond acceptors (Lipinski definition) is 0. The van der Waals surface area contributed by atoms with Crippen molar-refractivity contribution >= 4 is 0 Å². The van der Waals surface area contributed by atoms with Crippen molar-refractivity contribution in [2.24, 2.45) is 23.7 Å². The average Bonchev–Trinajstić information content (AvgIpc) is 2.55. The summed E-state index contributed by atoms with van der Waals surface area (Å²) in [4.78, 5) is 0. The van der Waals surface area contributed by atoms with Gasteiger partial charge < -0.3 is 0 Å². The Hall–Kier alpha value is -1.56. The summed E-state index contributed by atoms with van der Waals surface area (Å²) in [6, 6.07) is 0. The first-order chi connectivity index (χ1) is 8.40. The van der Waals surface area contributed by atoms with E-state index in [1.54, 1.807) is 5.57 Å². The van der Waals surface area contributed by atoms with Crippen LogP contribution in [0.4, 0.5) is 0 Å². The topological polar surface area (TPSA) is 0 Å². The molecule has 0 heteroatoms. The van der Waals surface area contributed by atoms with Crippen LogP contribution in [-0.2, 0) is 0 Å². The second kappa shape index (κ2) is 4.37. The Morgan fingerprint density at radius 2 is 1.18 bits per heavy atom. The maximum atomic E-state index is 2.38. The summed E-state index contributed by atoms with van der Waals surface area (Å²) in [5.74, 6) is 2.18. The smallest absolute Gasteiger partial charge is 0.00836 e. The molecule has 3 aliphatic carbocycles. The third-order valence-corrected chi connectivity index (χ3v) is 4.01. The molecule has 0 fully saturated rings. The molecule has 0 N–H and O–H groups in total. The Morgan fingerprint density at radius 3 is 1.65 bits per heavy atom. The number of hydrogen-bond donors (Lipinski definition) is 0. The van der Waals surface area contributed by atoms with Crippen molar-refractivity contribution < 1.29 is 0 Å². The molecule has 4 unspecified atom stereocenters. The molecular weight excluding hydrogens is 204 g/mol. The first kappa shape index (κ1) is 10.6. The van der Waals surface area contributed by atoms with Crippen molar-refractivity contribution in [3.63, 3.8) is 0 Å². The van der Waals surface area contributed by atoms with E-state index in [0.717, 1.165) is 0 Å². The van der Waals surface area contributed by atoms with Crippen LogP contribution in [0.2, 0.25) is 0 Å². The normalized spacial score (nSPS) is 37.6. The monoisotopic (exact) mass is 222 g/mol. The fraction of sp³-hybridized carbons (Fsp3) is 0.294. The van der Waals surface area contributed by atoms with Gasteiger partial charge in [0, 0.05) is 23.7 Å². The summed E-state index contributed by atoms with van der Waals surface area (Å²) in [5.41, 5.74) is 1.56. The van der Waals surface area contributed by atoms with Crippen LogP contribution in [0.5, 0.6) is 0 Å². The maximum Gasteiger partial charge on any atom is 0.00836 e. The lowest BCUT2D eigenvalue weighted by molar-refractivity contribution is 0.544. The highest BCUT2D eigenvalue weighted by atomic mass is 14.3. The molecule has 0 heterocycles. The summed E-state index contributed by atoms with van der Waals surface area (Å²) in [6.45, 7) is 2.17. The van der Waals surface area contributed by atoms with Crippen LogP contribution >= 0.6 is 0 Å². The van der Waals surface area contributed by atoms with Gasteiger partial charge in [0.05, 0.1) is 0 Å². The van der Waals surface area contributed by atoms with E-state index in [-0.39, 0.29) is 0 Å². The van der Waals surface area contributed by atoms with Crippen molar-refractivity contribution in [3.8, 4) is 0 Å². The minimum Gasteiger partial charge on any atom is -0.0872 e. The van der Waals surface area contributed by atoms with Crippen LogP contribution in [0.1, 0.15) is 6.92 Å². The molecule has 0 amide bonds. The SMILES string of the molecule is CC=C1C2C=CC=CC2C=CC2C=CC=CC12. The predicted octanol–water partition coefficient (Wildman–Crippen LogP) is 4.22. The van der Waals surface area contributed by atoms with Crippen LogP contribution in [0.25, 0.3) is 0 Å². The van der Waals surface area contributed by atoms with Gasteiger partial charge in [-0.2, -0.15) is 0 Å². The molecule has 0 aromatic carbocycles. The van der Waals surface area contributed by atoms with E-state index in [2.05, 4.69) is 73.8 Å². The number of allylic oxidation sites excluding steroid dienone is 12. The predicted molar refractivity (Wildman–Crippen MR) is 73.4 cm³/mol. The Kier molecular flexibility index (Phi) is 2.72. The molecule has 0 aromatic rings. The number of rotatable bonds is 0. The van der Waals surface area contributed by atoms with Gasteiger partial charge >= 0.3 is 0 Å². The van der Waals surface area contributed by atoms with Gasteiger partial charge in [-0.05, 0) is 6.92 Å². The van der Waals surface area contributed by atoms with Crippen LogP contribution in [-0.4, -0.2) is 0 Å². The fourth-order valence-electron chi connectivity index (χ4n) is 3.15. The molecular formula is C17H18. The van der Waals surface area contributed by atoms with E-state index in [4.69, 9.17) is 0 Å². The third-order valence-electron chi connectivity index (χ3n) is 4.01. The lowest BCUT2D eigenvalue weighted by Gasteiger charge is -2.29. The van der Waals surface area contributed by atoms with Crippen molar-refractivity contribution in [1.29, 1.82) is 0 Å². The van der Waals surface area contributed by atoms with Gasteiger partial charge in [0.15, 0.2) is 0 Å². The van der Waals surface area contributed by atoms with Gasteiger partial charge in [-0.1, -0.05) is 72.4 Å². The van der Waals surface area contributed by atoms with Crippen molar-refractivity contribution in [1.82, 2.24) is 0 Å². The number of fused-ring (bicyclic) bond motifs is 2. The van der Waals surface area contributed by atoms with Gasteiger partial charge in [0.2, 0.25) is 0 Å². The molecule has 0 aromatic heterocycles. The molecule has 3 aliphatic rings. The zero-order valence-corrected chi connectivity index (χ0v) is 10.2. The minimum absolute atomic E-state index is 0.540. The van der Waals surface area contributed by atoms with Crippen molar-refractivity contribution in [2.75, 3.05) is 0 Å². The second-order valence-electron chi connectivity index (χ2n) is 4.92. The minimum atomic E-state index is 0.540. The van der Waals surface area contributed by atoms with E-state index < -0.39 is 0 Å². The summed E-state index contributed by atoms with van der Waals surface area (Å²) in [6.07, 6.45) is 25.1. The molecule has 0 spiro atoms. The zero-order chi connectivity index (χ0) is 11.7. The Morgan fingerprint density at radius 1 is 0.706 bits per heavy atom. The lowest BCUT2D eigenvalue weighted by atomic mass is 9.75. The average molecular weight is 222 g/mol. The summed E-state index contributed by atoms with van der Waals surface area (Å²) >= 11 is 0. The molecule has 3 rings (SSSR count). The van der Waals surface area contributed by atoms with E-state index in [9.17, 15) is 0 Å². The van der Waals surface area contributed by atoms with Crippen molar-refractivity contribution in [3.05, 3.63) is 72.4 Å². The Balaban J connectivity index is 2.05. The lowest BCUT2D eigenvalue weighted by Crippen LogP contribution is -2.19. The fourth-order valence-corrected chi connectivity index (χ4v) is 3.15. The first-order valence-electron chi connectivity index (χ1n) is 6.44. The van der Waals surface area contributed by atoms with Crippen LogP contribution in [0.3, 0.4) is 0 Å². The standard InChI is InChI=1S/C17H18/c1-2-15-16-9-5-3-7-13(16)11-12-14-8-4-6-10-17(14)15/h2-14,16-17H,1H3. The molecule has 0 bridgehead atoms. The largest absolute Gasteiger partial charge is 0.0872 e. The molecule has 0 nitrogen and oxygen atoms in total. The van der Waals surface area contributed by atoms with E-state index in [1.165, 1.54) is 0 Å². The summed E-state index contributed by atoms with van der Waals surface area (Å²) in [7, 11) is 0.